The zero-order chi connectivity index (χ0) is 18.6. The second-order valence-electron chi connectivity index (χ2n) is 8.46. The Labute approximate surface area is 156 Å². The Kier molecular flexibility index (Phi) is 4.10. The fraction of sp³-hybridized carbons (Fsp3) is 0.417. The summed E-state index contributed by atoms with van der Waals surface area (Å²) in [6, 6.07) is 8.27. The molecule has 0 aromatic heterocycles. The lowest BCUT2D eigenvalue weighted by Gasteiger charge is -2.31. The molecule has 0 radical (unpaired) electrons. The Morgan fingerprint density at radius 1 is 0.769 bits per heavy atom. The van der Waals surface area contributed by atoms with Gasteiger partial charge in [-0.15, -0.1) is 0 Å². The molecule has 4 rings (SSSR count). The van der Waals surface area contributed by atoms with Crippen molar-refractivity contribution in [3.05, 3.63) is 69.8 Å². The largest absolute Gasteiger partial charge is 0.507 e. The number of aromatic hydroxyl groups is 2. The van der Waals surface area contributed by atoms with Crippen molar-refractivity contribution in [2.75, 3.05) is 0 Å². The van der Waals surface area contributed by atoms with Crippen LogP contribution in [0.3, 0.4) is 0 Å². The molecule has 3 atom stereocenters. The molecule has 1 saturated carbocycles. The van der Waals surface area contributed by atoms with Crippen LogP contribution in [-0.4, -0.2) is 10.2 Å². The Balaban J connectivity index is 1.93. The topological polar surface area (TPSA) is 40.5 Å². The van der Waals surface area contributed by atoms with Crippen molar-refractivity contribution in [1.29, 1.82) is 0 Å². The molecule has 0 saturated heterocycles. The number of benzene rings is 2. The first kappa shape index (κ1) is 17.2. The molecule has 0 amide bonds. The molecule has 2 aromatic rings. The predicted octanol–water partition coefficient (Wildman–Crippen LogP) is 5.68. The van der Waals surface area contributed by atoms with Crippen LogP contribution in [0.5, 0.6) is 11.5 Å². The molecule has 3 unspecified atom stereocenters. The third-order valence-electron chi connectivity index (χ3n) is 6.38. The first-order valence-electron chi connectivity index (χ1n) is 9.63. The van der Waals surface area contributed by atoms with Crippen LogP contribution in [0.25, 0.3) is 0 Å². The molecule has 26 heavy (non-hydrogen) atoms. The predicted molar refractivity (Wildman–Crippen MR) is 106 cm³/mol. The van der Waals surface area contributed by atoms with Gasteiger partial charge in [-0.1, -0.05) is 47.5 Å². The number of fused-ring (bicyclic) bond motifs is 2. The molecule has 2 N–H and O–H groups in total. The monoisotopic (exact) mass is 348 g/mol. The van der Waals surface area contributed by atoms with Gasteiger partial charge in [-0.2, -0.15) is 0 Å². The van der Waals surface area contributed by atoms with E-state index in [0.29, 0.717) is 29.3 Å². The van der Waals surface area contributed by atoms with Crippen LogP contribution < -0.4 is 0 Å². The summed E-state index contributed by atoms with van der Waals surface area (Å²) in [6.45, 7) is 8.08. The Hall–Kier alpha value is -2.22. The maximum atomic E-state index is 10.9. The first-order chi connectivity index (χ1) is 12.3. The average molecular weight is 348 g/mol. The van der Waals surface area contributed by atoms with E-state index in [-0.39, 0.29) is 5.92 Å². The van der Waals surface area contributed by atoms with Crippen molar-refractivity contribution in [3.8, 4) is 11.5 Å². The molecule has 2 heteroatoms. The molecule has 2 nitrogen and oxygen atoms in total. The molecule has 0 aliphatic heterocycles. The highest BCUT2D eigenvalue weighted by Gasteiger charge is 2.42. The van der Waals surface area contributed by atoms with Gasteiger partial charge in [-0.05, 0) is 69.4 Å². The molecule has 0 heterocycles. The van der Waals surface area contributed by atoms with Crippen LogP contribution in [0.15, 0.2) is 36.4 Å². The molecule has 1 fully saturated rings. The lowest BCUT2D eigenvalue weighted by molar-refractivity contribution is 0.371. The lowest BCUT2D eigenvalue weighted by atomic mass is 9.73. The summed E-state index contributed by atoms with van der Waals surface area (Å²) in [6.07, 6.45) is 7.04. The van der Waals surface area contributed by atoms with Gasteiger partial charge in [0, 0.05) is 17.0 Å². The highest BCUT2D eigenvalue weighted by atomic mass is 16.3. The fourth-order valence-electron chi connectivity index (χ4n) is 5.30. The third kappa shape index (κ3) is 2.72. The minimum absolute atomic E-state index is 0.0205. The summed E-state index contributed by atoms with van der Waals surface area (Å²) >= 11 is 0. The number of phenolic OH excluding ortho intramolecular Hbond substituents is 2. The Morgan fingerprint density at radius 3 is 1.73 bits per heavy atom. The summed E-state index contributed by atoms with van der Waals surface area (Å²) in [7, 11) is 0. The van der Waals surface area contributed by atoms with Gasteiger partial charge >= 0.3 is 0 Å². The summed E-state index contributed by atoms with van der Waals surface area (Å²) in [4.78, 5) is 0. The van der Waals surface area contributed by atoms with Gasteiger partial charge in [0.1, 0.15) is 11.5 Å². The van der Waals surface area contributed by atoms with E-state index in [2.05, 4.69) is 38.1 Å². The highest BCUT2D eigenvalue weighted by Crippen LogP contribution is 2.54. The summed E-state index contributed by atoms with van der Waals surface area (Å²) < 4.78 is 0. The highest BCUT2D eigenvalue weighted by molar-refractivity contribution is 5.54. The van der Waals surface area contributed by atoms with Crippen molar-refractivity contribution >= 4 is 0 Å². The molecule has 2 bridgehead atoms. The van der Waals surface area contributed by atoms with Crippen LogP contribution in [0, 0.1) is 45.4 Å². The maximum absolute atomic E-state index is 10.9. The molecule has 2 aliphatic carbocycles. The normalized spacial score (nSPS) is 24.0. The van der Waals surface area contributed by atoms with E-state index in [4.69, 9.17) is 0 Å². The standard InChI is InChI=1S/C24H28O2/c1-13-7-15(3)23(25)20(9-13)22(19-12-17-5-6-18(19)11-17)21-10-14(2)8-16(4)24(21)26/h5-10,17-19,22,25-26H,11-12H2,1-4H3. The number of hydrogen-bond donors (Lipinski definition) is 2. The van der Waals surface area contributed by atoms with Crippen molar-refractivity contribution < 1.29 is 10.2 Å². The van der Waals surface area contributed by atoms with E-state index in [1.54, 1.807) is 0 Å². The van der Waals surface area contributed by atoms with E-state index in [0.717, 1.165) is 39.8 Å². The van der Waals surface area contributed by atoms with Gasteiger partial charge in [0.05, 0.1) is 0 Å². The fourth-order valence-corrected chi connectivity index (χ4v) is 5.30. The number of allylic oxidation sites excluding steroid dienone is 2. The second kappa shape index (κ2) is 6.19. The lowest BCUT2D eigenvalue weighted by Crippen LogP contribution is -2.20. The van der Waals surface area contributed by atoms with Crippen LogP contribution in [0.1, 0.15) is 52.1 Å². The van der Waals surface area contributed by atoms with Gasteiger partial charge in [-0.25, -0.2) is 0 Å². The van der Waals surface area contributed by atoms with Crippen molar-refractivity contribution in [1.82, 2.24) is 0 Å². The van der Waals surface area contributed by atoms with Crippen molar-refractivity contribution in [2.24, 2.45) is 17.8 Å². The number of rotatable bonds is 3. The summed E-state index contributed by atoms with van der Waals surface area (Å²) in [5, 5.41) is 21.8. The minimum Gasteiger partial charge on any atom is -0.507 e. The van der Waals surface area contributed by atoms with Crippen LogP contribution in [0.2, 0.25) is 0 Å². The number of aryl methyl sites for hydroxylation is 4. The molecular weight excluding hydrogens is 320 g/mol. The molecular formula is C24H28O2. The quantitative estimate of drug-likeness (QED) is 0.701. The van der Waals surface area contributed by atoms with Crippen LogP contribution >= 0.6 is 0 Å². The van der Waals surface area contributed by atoms with Gasteiger partial charge < -0.3 is 10.2 Å². The first-order valence-corrected chi connectivity index (χ1v) is 9.63. The zero-order valence-corrected chi connectivity index (χ0v) is 16.1. The molecule has 2 aromatic carbocycles. The van der Waals surface area contributed by atoms with E-state index < -0.39 is 0 Å². The Bertz CT molecular complexity index is 836. The smallest absolute Gasteiger partial charge is 0.122 e. The molecule has 2 aliphatic rings. The van der Waals surface area contributed by atoms with Crippen LogP contribution in [0.4, 0.5) is 0 Å². The number of phenols is 2. The second-order valence-corrected chi connectivity index (χ2v) is 8.46. The van der Waals surface area contributed by atoms with Crippen LogP contribution in [-0.2, 0) is 0 Å². The van der Waals surface area contributed by atoms with Gasteiger partial charge in [-0.3, -0.25) is 0 Å². The summed E-state index contributed by atoms with van der Waals surface area (Å²) in [5.41, 5.74) is 6.06. The van der Waals surface area contributed by atoms with Crippen molar-refractivity contribution in [2.45, 2.75) is 46.5 Å². The molecule has 136 valence electrons. The average Bonchev–Trinajstić information content (AvgIpc) is 3.19. The number of hydrogen-bond acceptors (Lipinski definition) is 2. The van der Waals surface area contributed by atoms with E-state index in [9.17, 15) is 10.2 Å². The third-order valence-corrected chi connectivity index (χ3v) is 6.38. The zero-order valence-electron chi connectivity index (χ0n) is 16.1. The minimum atomic E-state index is 0.0205. The van der Waals surface area contributed by atoms with Gasteiger partial charge in [0.2, 0.25) is 0 Å². The van der Waals surface area contributed by atoms with Gasteiger partial charge in [0.25, 0.3) is 0 Å². The van der Waals surface area contributed by atoms with Crippen molar-refractivity contribution in [3.63, 3.8) is 0 Å². The van der Waals surface area contributed by atoms with E-state index in [1.807, 2.05) is 26.0 Å². The van der Waals surface area contributed by atoms with E-state index in [1.165, 1.54) is 6.42 Å². The SMILES string of the molecule is Cc1cc(C)c(O)c(C(c2cc(C)cc(C)c2O)C2CC3C=CC2C3)c1. The van der Waals surface area contributed by atoms with Gasteiger partial charge in [0.15, 0.2) is 0 Å². The van der Waals surface area contributed by atoms with E-state index >= 15 is 0 Å². The maximum Gasteiger partial charge on any atom is 0.122 e. The Morgan fingerprint density at radius 2 is 1.31 bits per heavy atom. The molecule has 0 spiro atoms. The summed E-state index contributed by atoms with van der Waals surface area (Å²) in [5.74, 6) is 2.38.